The number of hydrogen-bond donors (Lipinski definition) is 2. The number of rotatable bonds is 9. The summed E-state index contributed by atoms with van der Waals surface area (Å²) in [7, 11) is 0. The van der Waals surface area contributed by atoms with Crippen LogP contribution in [0.15, 0.2) is 47.6 Å². The van der Waals surface area contributed by atoms with Crippen LogP contribution < -0.4 is 14.9 Å². The predicted octanol–water partition coefficient (Wildman–Crippen LogP) is 3.83. The Morgan fingerprint density at radius 1 is 1.19 bits per heavy atom. The zero-order chi connectivity index (χ0) is 19.6. The molecule has 2 aromatic carbocycles. The lowest BCUT2D eigenvalue weighted by Gasteiger charge is -2.10. The molecule has 0 bridgehead atoms. The second-order valence-corrected chi connectivity index (χ2v) is 6.12. The highest BCUT2D eigenvalue weighted by Gasteiger charge is 2.05. The van der Waals surface area contributed by atoms with Gasteiger partial charge in [-0.05, 0) is 60.7 Å². The molecule has 0 heterocycles. The molecule has 0 aliphatic rings. The van der Waals surface area contributed by atoms with Gasteiger partial charge in [0.15, 0.2) is 18.1 Å². The van der Waals surface area contributed by atoms with Crippen molar-refractivity contribution < 1.29 is 19.4 Å². The molecule has 2 aromatic rings. The van der Waals surface area contributed by atoms with E-state index >= 15 is 0 Å². The van der Waals surface area contributed by atoms with Crippen LogP contribution in [0.1, 0.15) is 44.2 Å². The average molecular weight is 370 g/mol. The number of amides is 1. The van der Waals surface area contributed by atoms with Crippen molar-refractivity contribution in [3.63, 3.8) is 0 Å². The highest BCUT2D eigenvalue weighted by molar-refractivity contribution is 5.83. The third kappa shape index (κ3) is 6.33. The maximum atomic E-state index is 11.8. The smallest absolute Gasteiger partial charge is 0.277 e. The van der Waals surface area contributed by atoms with Crippen molar-refractivity contribution >= 4 is 12.1 Å². The van der Waals surface area contributed by atoms with Crippen LogP contribution in [0.4, 0.5) is 0 Å². The SMILES string of the molecule is CCOc1cc(C=NNC(=O)COc2ccc(C(C)CC)cc2)ccc1O. The fourth-order valence-electron chi connectivity index (χ4n) is 2.37. The van der Waals surface area contributed by atoms with Gasteiger partial charge in [-0.1, -0.05) is 26.0 Å². The summed E-state index contributed by atoms with van der Waals surface area (Å²) >= 11 is 0. The van der Waals surface area contributed by atoms with Gasteiger partial charge < -0.3 is 14.6 Å². The molecule has 6 nitrogen and oxygen atoms in total. The van der Waals surface area contributed by atoms with E-state index in [-0.39, 0.29) is 18.3 Å². The molecular formula is C21H26N2O4. The normalized spacial score (nSPS) is 12.0. The lowest BCUT2D eigenvalue weighted by molar-refractivity contribution is -0.123. The number of nitrogens with zero attached hydrogens (tertiary/aromatic N) is 1. The standard InChI is InChI=1S/C21H26N2O4/c1-4-15(3)17-7-9-18(10-8-17)27-14-21(25)23-22-13-16-6-11-19(24)20(12-16)26-5-2/h6-13,15,24H,4-5,14H2,1-3H3,(H,23,25). The molecular weight excluding hydrogens is 344 g/mol. The fraction of sp³-hybridized carbons (Fsp3) is 0.333. The summed E-state index contributed by atoms with van der Waals surface area (Å²) in [5.74, 6) is 1.21. The molecule has 2 N–H and O–H groups in total. The van der Waals surface area contributed by atoms with E-state index in [4.69, 9.17) is 9.47 Å². The van der Waals surface area contributed by atoms with Gasteiger partial charge in [-0.2, -0.15) is 5.10 Å². The van der Waals surface area contributed by atoms with E-state index in [1.807, 2.05) is 31.2 Å². The monoisotopic (exact) mass is 370 g/mol. The maximum absolute atomic E-state index is 11.8. The first-order valence-electron chi connectivity index (χ1n) is 9.04. The second kappa shape index (κ2) is 10.2. The number of carbonyl (C=O) groups is 1. The van der Waals surface area contributed by atoms with Crippen LogP contribution in [0.5, 0.6) is 17.2 Å². The summed E-state index contributed by atoms with van der Waals surface area (Å²) in [5, 5.41) is 13.6. The van der Waals surface area contributed by atoms with E-state index in [2.05, 4.69) is 24.4 Å². The van der Waals surface area contributed by atoms with Crippen molar-refractivity contribution in [3.05, 3.63) is 53.6 Å². The molecule has 0 radical (unpaired) electrons. The Labute approximate surface area is 159 Å². The van der Waals surface area contributed by atoms with Crippen molar-refractivity contribution in [1.29, 1.82) is 0 Å². The van der Waals surface area contributed by atoms with Crippen LogP contribution in [0.25, 0.3) is 0 Å². The summed E-state index contributed by atoms with van der Waals surface area (Å²) in [4.78, 5) is 11.8. The quantitative estimate of drug-likeness (QED) is 0.519. The number of nitrogens with one attached hydrogen (secondary N) is 1. The topological polar surface area (TPSA) is 80.2 Å². The molecule has 1 unspecified atom stereocenters. The number of hydrazone groups is 1. The summed E-state index contributed by atoms with van der Waals surface area (Å²) in [6.45, 7) is 6.47. The molecule has 0 aliphatic heterocycles. The number of aromatic hydroxyl groups is 1. The Kier molecular flexibility index (Phi) is 7.67. The van der Waals surface area contributed by atoms with E-state index in [1.165, 1.54) is 17.8 Å². The first-order chi connectivity index (χ1) is 13.0. The number of carbonyl (C=O) groups excluding carboxylic acids is 1. The van der Waals surface area contributed by atoms with Gasteiger partial charge in [-0.15, -0.1) is 0 Å². The third-order valence-electron chi connectivity index (χ3n) is 4.12. The Bertz CT molecular complexity index is 772. The molecule has 0 saturated heterocycles. The number of hydrogen-bond acceptors (Lipinski definition) is 5. The summed E-state index contributed by atoms with van der Waals surface area (Å²) in [6.07, 6.45) is 2.55. The van der Waals surface area contributed by atoms with E-state index in [0.29, 0.717) is 29.6 Å². The molecule has 6 heteroatoms. The van der Waals surface area contributed by atoms with Gasteiger partial charge in [0.2, 0.25) is 0 Å². The van der Waals surface area contributed by atoms with Gasteiger partial charge in [0.1, 0.15) is 5.75 Å². The van der Waals surface area contributed by atoms with Crippen LogP contribution in [-0.2, 0) is 4.79 Å². The third-order valence-corrected chi connectivity index (χ3v) is 4.12. The number of ether oxygens (including phenoxy) is 2. The summed E-state index contributed by atoms with van der Waals surface area (Å²) in [6, 6.07) is 12.6. The minimum Gasteiger partial charge on any atom is -0.504 e. The predicted molar refractivity (Wildman–Crippen MR) is 106 cm³/mol. The van der Waals surface area contributed by atoms with Gasteiger partial charge in [0, 0.05) is 0 Å². The highest BCUT2D eigenvalue weighted by atomic mass is 16.5. The van der Waals surface area contributed by atoms with E-state index in [0.717, 1.165) is 6.42 Å². The largest absolute Gasteiger partial charge is 0.504 e. The Balaban J connectivity index is 1.82. The molecule has 0 aromatic heterocycles. The molecule has 1 amide bonds. The number of phenolic OH excluding ortho intramolecular Hbond substituents is 1. The van der Waals surface area contributed by atoms with Crippen molar-refractivity contribution in [2.75, 3.05) is 13.2 Å². The number of benzene rings is 2. The van der Waals surface area contributed by atoms with Crippen molar-refractivity contribution in [2.45, 2.75) is 33.1 Å². The van der Waals surface area contributed by atoms with Crippen LogP contribution in [0, 0.1) is 0 Å². The van der Waals surface area contributed by atoms with Crippen LogP contribution in [0.3, 0.4) is 0 Å². The second-order valence-electron chi connectivity index (χ2n) is 6.12. The zero-order valence-electron chi connectivity index (χ0n) is 15.9. The minimum atomic E-state index is -0.360. The lowest BCUT2D eigenvalue weighted by atomic mass is 9.99. The van der Waals surface area contributed by atoms with Crippen molar-refractivity contribution in [1.82, 2.24) is 5.43 Å². The Hall–Kier alpha value is -3.02. The van der Waals surface area contributed by atoms with E-state index < -0.39 is 0 Å². The Morgan fingerprint density at radius 2 is 1.93 bits per heavy atom. The van der Waals surface area contributed by atoms with Gasteiger partial charge in [-0.3, -0.25) is 4.79 Å². The van der Waals surface area contributed by atoms with Crippen molar-refractivity contribution in [3.8, 4) is 17.2 Å². The molecule has 0 aliphatic carbocycles. The molecule has 2 rings (SSSR count). The Morgan fingerprint density at radius 3 is 2.59 bits per heavy atom. The minimum absolute atomic E-state index is 0.0609. The maximum Gasteiger partial charge on any atom is 0.277 e. The summed E-state index contributed by atoms with van der Waals surface area (Å²) in [5.41, 5.74) is 4.35. The molecule has 0 saturated carbocycles. The zero-order valence-corrected chi connectivity index (χ0v) is 15.9. The molecule has 0 spiro atoms. The first kappa shape index (κ1) is 20.3. The van der Waals surface area contributed by atoms with Gasteiger partial charge in [-0.25, -0.2) is 5.43 Å². The molecule has 0 fully saturated rings. The highest BCUT2D eigenvalue weighted by Crippen LogP contribution is 2.26. The van der Waals surface area contributed by atoms with Gasteiger partial charge in [0.05, 0.1) is 12.8 Å². The lowest BCUT2D eigenvalue weighted by Crippen LogP contribution is -2.24. The molecule has 1 atom stereocenters. The van der Waals surface area contributed by atoms with Crippen molar-refractivity contribution in [2.24, 2.45) is 5.10 Å². The first-order valence-corrected chi connectivity index (χ1v) is 9.04. The van der Waals surface area contributed by atoms with E-state index in [1.54, 1.807) is 12.1 Å². The fourth-order valence-corrected chi connectivity index (χ4v) is 2.37. The van der Waals surface area contributed by atoms with Crippen LogP contribution in [-0.4, -0.2) is 30.4 Å². The summed E-state index contributed by atoms with van der Waals surface area (Å²) < 4.78 is 10.8. The number of phenols is 1. The van der Waals surface area contributed by atoms with Crippen LogP contribution in [0.2, 0.25) is 0 Å². The average Bonchev–Trinajstić information content (AvgIpc) is 2.68. The van der Waals surface area contributed by atoms with Gasteiger partial charge >= 0.3 is 0 Å². The molecule has 144 valence electrons. The molecule has 27 heavy (non-hydrogen) atoms. The van der Waals surface area contributed by atoms with E-state index in [9.17, 15) is 9.90 Å². The van der Waals surface area contributed by atoms with Crippen LogP contribution >= 0.6 is 0 Å². The van der Waals surface area contributed by atoms with Gasteiger partial charge in [0.25, 0.3) is 5.91 Å².